The molecule has 0 aliphatic carbocycles. The van der Waals surface area contributed by atoms with Gasteiger partial charge in [0.05, 0.1) is 6.04 Å². The van der Waals surface area contributed by atoms with Gasteiger partial charge in [0.1, 0.15) is 12.0 Å². The van der Waals surface area contributed by atoms with Crippen LogP contribution in [0.25, 0.3) is 0 Å². The third-order valence-corrected chi connectivity index (χ3v) is 3.29. The fourth-order valence-corrected chi connectivity index (χ4v) is 2.54. The van der Waals surface area contributed by atoms with Gasteiger partial charge in [0.2, 0.25) is 0 Å². The first kappa shape index (κ1) is 17.5. The van der Waals surface area contributed by atoms with E-state index in [0.29, 0.717) is 0 Å². The second kappa shape index (κ2) is 6.61. The maximum atomic E-state index is 11.8. The predicted molar refractivity (Wildman–Crippen MR) is 74.2 cm³/mol. The summed E-state index contributed by atoms with van der Waals surface area (Å²) in [6.45, 7) is 10.1. The number of nitrogens with one attached hydrogen (secondary N) is 2. The molecule has 0 bridgehead atoms. The van der Waals surface area contributed by atoms with Crippen molar-refractivity contribution in [2.45, 2.75) is 58.8 Å². The van der Waals surface area contributed by atoms with E-state index in [9.17, 15) is 4.79 Å². The Labute approximate surface area is 111 Å². The van der Waals surface area contributed by atoms with Crippen molar-refractivity contribution in [3.8, 4) is 0 Å². The smallest absolute Gasteiger partial charge is 0.147 e. The van der Waals surface area contributed by atoms with E-state index in [-0.39, 0.29) is 29.3 Å². The van der Waals surface area contributed by atoms with Crippen LogP contribution in [0.1, 0.15) is 41.0 Å². The van der Waals surface area contributed by atoms with E-state index >= 15 is 0 Å². The number of rotatable bonds is 8. The molecule has 0 aromatic carbocycles. The molecule has 2 atom stereocenters. The Balaban J connectivity index is 4.81. The average molecular weight is 259 g/mol. The molecule has 0 fully saturated rings. The first-order chi connectivity index (χ1) is 8.02. The van der Waals surface area contributed by atoms with E-state index in [1.807, 2.05) is 20.9 Å². The van der Waals surface area contributed by atoms with Crippen LogP contribution in [0, 0.1) is 5.41 Å². The summed E-state index contributed by atoms with van der Waals surface area (Å²) in [5.74, 6) is 0.0625. The zero-order chi connectivity index (χ0) is 14.6. The first-order valence-corrected chi connectivity index (χ1v) is 6.38. The molecule has 0 aliphatic rings. The molecule has 0 saturated carbocycles. The summed E-state index contributed by atoms with van der Waals surface area (Å²) in [7, 11) is 1.91. The molecule has 108 valence electrons. The van der Waals surface area contributed by atoms with Crippen molar-refractivity contribution in [3.05, 3.63) is 0 Å². The SMILES string of the molecule is CNC(C)(C)CC(C)(C)C(NCC(N)O)C(C)=O. The van der Waals surface area contributed by atoms with E-state index in [0.717, 1.165) is 6.42 Å². The highest BCUT2D eigenvalue weighted by molar-refractivity contribution is 5.82. The molecule has 0 radical (unpaired) electrons. The number of hydrogen-bond acceptors (Lipinski definition) is 5. The number of nitrogens with two attached hydrogens (primary N) is 1. The summed E-state index contributed by atoms with van der Waals surface area (Å²) in [5, 5.41) is 15.4. The van der Waals surface area contributed by atoms with E-state index in [1.165, 1.54) is 0 Å². The Bertz CT molecular complexity index is 275. The van der Waals surface area contributed by atoms with E-state index in [1.54, 1.807) is 6.92 Å². The lowest BCUT2D eigenvalue weighted by Crippen LogP contribution is -2.54. The van der Waals surface area contributed by atoms with Crippen molar-refractivity contribution in [3.63, 3.8) is 0 Å². The second-order valence-corrected chi connectivity index (χ2v) is 6.32. The molecular formula is C13H29N3O2. The molecule has 5 N–H and O–H groups in total. The minimum atomic E-state index is -0.944. The highest BCUT2D eigenvalue weighted by Gasteiger charge is 2.37. The number of hydrogen-bond donors (Lipinski definition) is 4. The monoisotopic (exact) mass is 259 g/mol. The summed E-state index contributed by atoms with van der Waals surface area (Å²) in [6, 6.07) is -0.316. The third kappa shape index (κ3) is 5.91. The van der Waals surface area contributed by atoms with E-state index in [2.05, 4.69) is 24.5 Å². The van der Waals surface area contributed by atoms with Crippen LogP contribution in [0.15, 0.2) is 0 Å². The lowest BCUT2D eigenvalue weighted by atomic mass is 9.73. The summed E-state index contributed by atoms with van der Waals surface area (Å²) in [6.07, 6.45) is -0.117. The molecule has 0 saturated heterocycles. The van der Waals surface area contributed by atoms with Gasteiger partial charge in [0, 0.05) is 12.1 Å². The summed E-state index contributed by atoms with van der Waals surface area (Å²) < 4.78 is 0. The summed E-state index contributed by atoms with van der Waals surface area (Å²) in [5.41, 5.74) is 5.02. The minimum absolute atomic E-state index is 0.0553. The standard InChI is InChI=1S/C13H29N3O2/c1-9(17)11(16-7-10(14)18)12(2,3)8-13(4,5)15-6/h10-11,15-16,18H,7-8,14H2,1-6H3. The zero-order valence-corrected chi connectivity index (χ0v) is 12.5. The topological polar surface area (TPSA) is 87.4 Å². The van der Waals surface area contributed by atoms with Crippen molar-refractivity contribution >= 4 is 5.78 Å². The lowest BCUT2D eigenvalue weighted by molar-refractivity contribution is -0.122. The number of carbonyl (C=O) groups excluding carboxylic acids is 1. The molecule has 0 amide bonds. The Morgan fingerprint density at radius 3 is 2.17 bits per heavy atom. The fraction of sp³-hybridized carbons (Fsp3) is 0.923. The van der Waals surface area contributed by atoms with Gasteiger partial charge in [-0.2, -0.15) is 0 Å². The van der Waals surface area contributed by atoms with Gasteiger partial charge in [-0.25, -0.2) is 0 Å². The summed E-state index contributed by atoms with van der Waals surface area (Å²) in [4.78, 5) is 11.8. The van der Waals surface area contributed by atoms with Crippen LogP contribution < -0.4 is 16.4 Å². The molecule has 0 rings (SSSR count). The summed E-state index contributed by atoms with van der Waals surface area (Å²) >= 11 is 0. The van der Waals surface area contributed by atoms with E-state index in [4.69, 9.17) is 10.8 Å². The molecule has 2 unspecified atom stereocenters. The highest BCUT2D eigenvalue weighted by Crippen LogP contribution is 2.31. The van der Waals surface area contributed by atoms with Gasteiger partial charge < -0.3 is 21.5 Å². The van der Waals surface area contributed by atoms with Gasteiger partial charge in [-0.3, -0.25) is 4.79 Å². The van der Waals surface area contributed by atoms with Crippen LogP contribution in [0.4, 0.5) is 0 Å². The van der Waals surface area contributed by atoms with E-state index < -0.39 is 6.23 Å². The second-order valence-electron chi connectivity index (χ2n) is 6.32. The molecule has 0 aromatic rings. The highest BCUT2D eigenvalue weighted by atomic mass is 16.3. The van der Waals surface area contributed by atoms with Gasteiger partial charge >= 0.3 is 0 Å². The van der Waals surface area contributed by atoms with Gasteiger partial charge in [-0.05, 0) is 39.7 Å². The van der Waals surface area contributed by atoms with Crippen LogP contribution in [0.2, 0.25) is 0 Å². The molecule has 0 spiro atoms. The van der Waals surface area contributed by atoms with Gasteiger partial charge in [0.15, 0.2) is 0 Å². The maximum absolute atomic E-state index is 11.8. The predicted octanol–water partition coefficient (Wildman–Crippen LogP) is 0.225. The van der Waals surface area contributed by atoms with Crippen molar-refractivity contribution in [1.82, 2.24) is 10.6 Å². The van der Waals surface area contributed by atoms with Crippen molar-refractivity contribution in [2.24, 2.45) is 11.1 Å². The Hall–Kier alpha value is -0.490. The van der Waals surface area contributed by atoms with Crippen LogP contribution in [0.5, 0.6) is 0 Å². The van der Waals surface area contributed by atoms with Crippen LogP contribution in [0.3, 0.4) is 0 Å². The first-order valence-electron chi connectivity index (χ1n) is 6.38. The Morgan fingerprint density at radius 2 is 1.83 bits per heavy atom. The number of aliphatic hydroxyl groups is 1. The molecule has 18 heavy (non-hydrogen) atoms. The number of Topliss-reactive ketones (excluding diaryl/α,β-unsaturated/α-hetero) is 1. The average Bonchev–Trinajstić information content (AvgIpc) is 2.14. The molecule has 5 heteroatoms. The van der Waals surface area contributed by atoms with Gasteiger partial charge in [0.25, 0.3) is 0 Å². The Kier molecular flexibility index (Phi) is 6.43. The lowest BCUT2D eigenvalue weighted by Gasteiger charge is -2.40. The quantitative estimate of drug-likeness (QED) is 0.469. The van der Waals surface area contributed by atoms with Crippen LogP contribution in [-0.4, -0.2) is 42.3 Å². The number of ketones is 1. The van der Waals surface area contributed by atoms with Crippen molar-refractivity contribution in [1.29, 1.82) is 0 Å². The maximum Gasteiger partial charge on any atom is 0.147 e. The molecule has 5 nitrogen and oxygen atoms in total. The zero-order valence-electron chi connectivity index (χ0n) is 12.5. The number of aliphatic hydroxyl groups excluding tert-OH is 1. The normalized spacial score (nSPS) is 16.4. The fourth-order valence-electron chi connectivity index (χ4n) is 2.54. The largest absolute Gasteiger partial charge is 0.377 e. The van der Waals surface area contributed by atoms with Crippen LogP contribution >= 0.6 is 0 Å². The molecule has 0 heterocycles. The molecule has 0 aromatic heterocycles. The molecule has 0 aliphatic heterocycles. The third-order valence-electron chi connectivity index (χ3n) is 3.29. The number of carbonyl (C=O) groups is 1. The molecular weight excluding hydrogens is 230 g/mol. The Morgan fingerprint density at radius 1 is 1.33 bits per heavy atom. The van der Waals surface area contributed by atoms with Crippen molar-refractivity contribution < 1.29 is 9.90 Å². The van der Waals surface area contributed by atoms with Crippen molar-refractivity contribution in [2.75, 3.05) is 13.6 Å². The van der Waals surface area contributed by atoms with Crippen LogP contribution in [-0.2, 0) is 4.79 Å². The minimum Gasteiger partial charge on any atom is -0.377 e. The van der Waals surface area contributed by atoms with Gasteiger partial charge in [-0.1, -0.05) is 13.8 Å². The van der Waals surface area contributed by atoms with Gasteiger partial charge in [-0.15, -0.1) is 0 Å².